The van der Waals surface area contributed by atoms with Crippen LogP contribution in [0.25, 0.3) is 16.6 Å². The average molecular weight is 759 g/mol. The van der Waals surface area contributed by atoms with Crippen LogP contribution in [-0.2, 0) is 49.2 Å². The van der Waals surface area contributed by atoms with Crippen molar-refractivity contribution in [2.45, 2.75) is 142 Å². The van der Waals surface area contributed by atoms with Crippen LogP contribution >= 0.6 is 0 Å². The quantitative estimate of drug-likeness (QED) is 0.143. The molecule has 0 spiro atoms. The standard InChI is InChI=1S/C26H42N6O10S5/c1-19(43(33,34)25(31-28)45(37,38)21-13-7-3-8-14-21)17-18-23(44(35,36)20-11-5-2-6-12-20)24(30-27)47(41,42)26(32-29)46(39,40)22-15-9-4-10-16-22/h19-23H,2-18H2,1H3. The van der Waals surface area contributed by atoms with Gasteiger partial charge < -0.3 is 16.6 Å². The molecule has 0 N–H and O–H groups in total. The molecule has 3 aliphatic rings. The van der Waals surface area contributed by atoms with Gasteiger partial charge in [-0.3, -0.25) is 0 Å². The first-order chi connectivity index (χ1) is 21.9. The summed E-state index contributed by atoms with van der Waals surface area (Å²) in [5.74, 6) is 0. The summed E-state index contributed by atoms with van der Waals surface area (Å²) in [6.07, 6.45) is 4.04. The monoisotopic (exact) mass is 758 g/mol. The van der Waals surface area contributed by atoms with E-state index in [9.17, 15) is 58.7 Å². The molecule has 2 unspecified atom stereocenters. The van der Waals surface area contributed by atoms with Crippen LogP contribution in [0.1, 0.15) is 116 Å². The van der Waals surface area contributed by atoms with Crippen LogP contribution in [0, 0.1) is 0 Å². The van der Waals surface area contributed by atoms with Gasteiger partial charge in [0.2, 0.25) is 0 Å². The summed E-state index contributed by atoms with van der Waals surface area (Å²) >= 11 is 0. The maximum atomic E-state index is 14.0. The number of nitrogens with zero attached hydrogens (tertiary/aromatic N) is 6. The van der Waals surface area contributed by atoms with Crippen LogP contribution in [0.4, 0.5) is 0 Å². The zero-order chi connectivity index (χ0) is 35.3. The molecule has 3 aliphatic carbocycles. The molecule has 0 heterocycles. The highest BCUT2D eigenvalue weighted by Crippen LogP contribution is 2.33. The van der Waals surface area contributed by atoms with Crippen molar-refractivity contribution < 1.29 is 56.5 Å². The highest BCUT2D eigenvalue weighted by Gasteiger charge is 2.58. The van der Waals surface area contributed by atoms with E-state index in [1.165, 1.54) is 0 Å². The van der Waals surface area contributed by atoms with Gasteiger partial charge in [0.1, 0.15) is 0 Å². The molecule has 21 heteroatoms. The molecule has 0 aromatic heterocycles. The van der Waals surface area contributed by atoms with Gasteiger partial charge in [-0.15, -0.1) is 9.58 Å². The minimum atomic E-state index is -5.61. The minimum absolute atomic E-state index is 0.0557. The van der Waals surface area contributed by atoms with E-state index in [4.69, 9.17) is 0 Å². The summed E-state index contributed by atoms with van der Waals surface area (Å²) < 4.78 is 132. The Morgan fingerprint density at radius 2 is 0.936 bits per heavy atom. The summed E-state index contributed by atoms with van der Waals surface area (Å²) in [5.41, 5.74) is 29.2. The first-order valence-electron chi connectivity index (χ1n) is 15.8. The lowest BCUT2D eigenvalue weighted by Gasteiger charge is -2.25. The molecule has 47 heavy (non-hydrogen) atoms. The summed E-state index contributed by atoms with van der Waals surface area (Å²) in [6.45, 7) is 1.03. The molecule has 266 valence electrons. The van der Waals surface area contributed by atoms with E-state index in [-0.39, 0.29) is 38.5 Å². The van der Waals surface area contributed by atoms with Gasteiger partial charge in [0.25, 0.3) is 29.5 Å². The van der Waals surface area contributed by atoms with Gasteiger partial charge in [-0.1, -0.05) is 57.8 Å². The Labute approximate surface area is 277 Å². The van der Waals surface area contributed by atoms with Crippen molar-refractivity contribution in [3.63, 3.8) is 0 Å². The van der Waals surface area contributed by atoms with Crippen LogP contribution in [0.3, 0.4) is 0 Å². The Hall–Kier alpha value is -2.11. The highest BCUT2D eigenvalue weighted by atomic mass is 32.3. The Balaban J connectivity index is 2.05. The lowest BCUT2D eigenvalue weighted by Crippen LogP contribution is -2.47. The van der Waals surface area contributed by atoms with E-state index in [0.717, 1.165) is 13.3 Å². The van der Waals surface area contributed by atoms with Crippen molar-refractivity contribution in [1.29, 1.82) is 0 Å². The molecule has 0 bridgehead atoms. The van der Waals surface area contributed by atoms with Gasteiger partial charge in [-0.2, -0.15) is 4.79 Å². The molecule has 16 nitrogen and oxygen atoms in total. The molecule has 0 amide bonds. The van der Waals surface area contributed by atoms with Crippen molar-refractivity contribution in [2.24, 2.45) is 0 Å². The van der Waals surface area contributed by atoms with Crippen molar-refractivity contribution in [3.8, 4) is 0 Å². The average Bonchev–Trinajstić information content (AvgIpc) is 3.04. The Morgan fingerprint density at radius 3 is 1.32 bits per heavy atom. The van der Waals surface area contributed by atoms with E-state index < -0.39 is 102 Å². The fraction of sp³-hybridized carbons (Fsp3) is 0.885. The maximum absolute atomic E-state index is 14.0. The minimum Gasteiger partial charge on any atom is -0.360 e. The molecular formula is C26H42N6O10S5. The van der Waals surface area contributed by atoms with Gasteiger partial charge in [0, 0.05) is 0 Å². The van der Waals surface area contributed by atoms with Gasteiger partial charge in [0.05, 0.1) is 21.0 Å². The van der Waals surface area contributed by atoms with Gasteiger partial charge >= 0.3 is 23.6 Å². The molecule has 0 aromatic rings. The third kappa shape index (κ3) is 8.20. The first kappa shape index (κ1) is 39.3. The van der Waals surface area contributed by atoms with E-state index in [0.29, 0.717) is 51.4 Å². The van der Waals surface area contributed by atoms with Crippen molar-refractivity contribution >= 4 is 63.0 Å². The molecule has 2 atom stereocenters. The number of sulfone groups is 5. The van der Waals surface area contributed by atoms with Crippen LogP contribution in [0.5, 0.6) is 0 Å². The fourth-order valence-electron chi connectivity index (χ4n) is 6.72. The lowest BCUT2D eigenvalue weighted by atomic mass is 10.0. The molecule has 0 saturated heterocycles. The number of hydrogen-bond donors (Lipinski definition) is 0. The SMILES string of the molecule is CC(CCC(C(=[N+]=[N-])S(=O)(=O)C(=[N+]=[N-])S(=O)(=O)C1CCCCC1)S(=O)(=O)C1CCCCC1)S(=O)(=O)C(=[N+]=[N-])S(=O)(=O)C1CCCCC1. The van der Waals surface area contributed by atoms with Crippen molar-refractivity contribution in [2.75, 3.05) is 0 Å². The first-order valence-corrected chi connectivity index (χ1v) is 23.5. The Morgan fingerprint density at radius 1 is 0.553 bits per heavy atom. The zero-order valence-corrected chi connectivity index (χ0v) is 30.3. The third-order valence-electron chi connectivity index (χ3n) is 9.53. The summed E-state index contributed by atoms with van der Waals surface area (Å²) in [6, 6.07) is 0. The Bertz CT molecular complexity index is 1890. The van der Waals surface area contributed by atoms with Gasteiger partial charge in [0.15, 0.2) is 15.1 Å². The fourth-order valence-corrected chi connectivity index (χ4v) is 18.3. The van der Waals surface area contributed by atoms with E-state index >= 15 is 0 Å². The van der Waals surface area contributed by atoms with Gasteiger partial charge in [-0.05, 0) is 58.3 Å². The van der Waals surface area contributed by atoms with E-state index in [1.54, 1.807) is 0 Å². The topological polar surface area (TPSA) is 280 Å². The summed E-state index contributed by atoms with van der Waals surface area (Å²) in [7, 11) is -24.7. The second-order valence-electron chi connectivity index (χ2n) is 12.6. The highest BCUT2D eigenvalue weighted by molar-refractivity contribution is 8.37. The van der Waals surface area contributed by atoms with Crippen LogP contribution in [0.2, 0.25) is 0 Å². The normalized spacial score (nSPS) is 21.0. The predicted octanol–water partition coefficient (Wildman–Crippen LogP) is 2.40. The number of rotatable bonds is 9. The maximum Gasteiger partial charge on any atom is 0.506 e. The molecular weight excluding hydrogens is 717 g/mol. The largest absolute Gasteiger partial charge is 0.506 e. The zero-order valence-electron chi connectivity index (χ0n) is 26.2. The molecule has 0 aliphatic heterocycles. The van der Waals surface area contributed by atoms with E-state index in [2.05, 4.69) is 14.4 Å². The van der Waals surface area contributed by atoms with E-state index in [1.807, 2.05) is 0 Å². The molecule has 0 radical (unpaired) electrons. The van der Waals surface area contributed by atoms with Crippen LogP contribution in [-0.4, -0.2) is 96.5 Å². The third-order valence-corrected chi connectivity index (χ3v) is 22.2. The lowest BCUT2D eigenvalue weighted by molar-refractivity contribution is -0.00441. The van der Waals surface area contributed by atoms with Crippen LogP contribution < -0.4 is 0 Å². The predicted molar refractivity (Wildman–Crippen MR) is 174 cm³/mol. The van der Waals surface area contributed by atoms with Crippen LogP contribution in [0.15, 0.2) is 0 Å². The summed E-state index contributed by atoms with van der Waals surface area (Å²) in [5, 5.41) is -9.09. The van der Waals surface area contributed by atoms with Gasteiger partial charge in [-0.25, -0.2) is 42.1 Å². The molecule has 3 saturated carbocycles. The molecule has 0 aromatic carbocycles. The smallest absolute Gasteiger partial charge is 0.360 e. The second-order valence-corrected chi connectivity index (χ2v) is 23.9. The molecule has 3 rings (SSSR count). The summed E-state index contributed by atoms with van der Waals surface area (Å²) in [4.78, 5) is 7.89. The second kappa shape index (κ2) is 15.6. The Kier molecular flexibility index (Phi) is 13.1. The van der Waals surface area contributed by atoms with Crippen molar-refractivity contribution in [1.82, 2.24) is 0 Å². The number of hydrogen-bond acceptors (Lipinski definition) is 10. The molecule has 3 fully saturated rings. The van der Waals surface area contributed by atoms with Crippen molar-refractivity contribution in [3.05, 3.63) is 16.6 Å².